The number of benzene rings is 1. The van der Waals surface area contributed by atoms with Gasteiger partial charge in [-0.3, -0.25) is 4.68 Å². The van der Waals surface area contributed by atoms with Crippen molar-refractivity contribution in [3.05, 3.63) is 53.6 Å². The molecule has 1 aliphatic heterocycles. The molecule has 1 fully saturated rings. The molecule has 1 aliphatic rings. The molecule has 6 nitrogen and oxygen atoms in total. The maximum atomic E-state index is 13.2. The summed E-state index contributed by atoms with van der Waals surface area (Å²) in [5.41, 5.74) is 1.75. The van der Waals surface area contributed by atoms with Gasteiger partial charge in [-0.1, -0.05) is 12.1 Å². The lowest BCUT2D eigenvalue weighted by Gasteiger charge is -2.25. The monoisotopic (exact) mass is 332 g/mol. The third-order valence-electron chi connectivity index (χ3n) is 4.06. The van der Waals surface area contributed by atoms with Crippen LogP contribution in [0.15, 0.2) is 36.7 Å². The molecule has 0 bridgehead atoms. The van der Waals surface area contributed by atoms with Gasteiger partial charge in [0.1, 0.15) is 5.82 Å². The Bertz CT molecular complexity index is 680. The van der Waals surface area contributed by atoms with Crippen molar-refractivity contribution in [3.63, 3.8) is 0 Å². The molecule has 2 amide bonds. The number of amides is 2. The van der Waals surface area contributed by atoms with E-state index in [9.17, 15) is 9.18 Å². The first-order valence-electron chi connectivity index (χ1n) is 8.01. The van der Waals surface area contributed by atoms with Crippen molar-refractivity contribution in [1.29, 1.82) is 0 Å². The van der Waals surface area contributed by atoms with Crippen LogP contribution in [-0.4, -0.2) is 28.5 Å². The zero-order valence-electron chi connectivity index (χ0n) is 13.5. The van der Waals surface area contributed by atoms with Crippen molar-refractivity contribution in [2.75, 3.05) is 6.61 Å². The molecule has 1 aromatic heterocycles. The molecule has 1 aromatic carbocycles. The summed E-state index contributed by atoms with van der Waals surface area (Å²) < 4.78 is 20.6. The van der Waals surface area contributed by atoms with Gasteiger partial charge in [0.25, 0.3) is 0 Å². The number of carbonyl (C=O) groups excluding carboxylic acids is 1. The zero-order valence-corrected chi connectivity index (χ0v) is 13.5. The Morgan fingerprint density at radius 2 is 2.25 bits per heavy atom. The number of nitrogens with zero attached hydrogens (tertiary/aromatic N) is 2. The highest BCUT2D eigenvalue weighted by Crippen LogP contribution is 2.27. The van der Waals surface area contributed by atoms with Crippen molar-refractivity contribution in [2.24, 2.45) is 7.05 Å². The van der Waals surface area contributed by atoms with E-state index in [-0.39, 0.29) is 24.0 Å². The van der Waals surface area contributed by atoms with E-state index in [1.165, 1.54) is 12.1 Å². The number of aryl methyl sites for hydroxylation is 1. The first-order chi connectivity index (χ1) is 11.6. The summed E-state index contributed by atoms with van der Waals surface area (Å²) in [5.74, 6) is -0.300. The highest BCUT2D eigenvalue weighted by molar-refractivity contribution is 5.74. The minimum atomic E-state index is -0.304. The molecule has 2 N–H and O–H groups in total. The molecule has 0 aliphatic carbocycles. The number of urea groups is 1. The van der Waals surface area contributed by atoms with Crippen LogP contribution in [0, 0.1) is 5.82 Å². The van der Waals surface area contributed by atoms with E-state index in [0.29, 0.717) is 13.2 Å². The van der Waals surface area contributed by atoms with Crippen molar-refractivity contribution in [2.45, 2.75) is 31.5 Å². The Labute approximate surface area is 140 Å². The molecule has 0 unspecified atom stereocenters. The number of rotatable bonds is 5. The van der Waals surface area contributed by atoms with Crippen LogP contribution in [0.2, 0.25) is 0 Å². The highest BCUT2D eigenvalue weighted by Gasteiger charge is 2.28. The molecule has 24 heavy (non-hydrogen) atoms. The molecule has 2 aromatic rings. The van der Waals surface area contributed by atoms with Gasteiger partial charge in [-0.15, -0.1) is 0 Å². The van der Waals surface area contributed by atoms with Gasteiger partial charge in [-0.05, 0) is 30.5 Å². The van der Waals surface area contributed by atoms with Crippen molar-refractivity contribution >= 4 is 6.03 Å². The molecule has 0 radical (unpaired) electrons. The second-order valence-corrected chi connectivity index (χ2v) is 5.93. The predicted molar refractivity (Wildman–Crippen MR) is 86.7 cm³/mol. The lowest BCUT2D eigenvalue weighted by molar-refractivity contribution is 0.0807. The fourth-order valence-corrected chi connectivity index (χ4v) is 2.86. The van der Waals surface area contributed by atoms with Gasteiger partial charge in [0.2, 0.25) is 0 Å². The molecular formula is C17H21FN4O2. The Kier molecular flexibility index (Phi) is 5.10. The van der Waals surface area contributed by atoms with Gasteiger partial charge in [-0.25, -0.2) is 9.18 Å². The summed E-state index contributed by atoms with van der Waals surface area (Å²) in [4.78, 5) is 12.3. The number of hydrogen-bond donors (Lipinski definition) is 2. The fourth-order valence-electron chi connectivity index (χ4n) is 2.86. The van der Waals surface area contributed by atoms with Gasteiger partial charge < -0.3 is 15.4 Å². The summed E-state index contributed by atoms with van der Waals surface area (Å²) in [6.07, 6.45) is 5.28. The van der Waals surface area contributed by atoms with E-state index in [0.717, 1.165) is 24.0 Å². The van der Waals surface area contributed by atoms with Crippen LogP contribution in [0.25, 0.3) is 0 Å². The number of hydrogen-bond acceptors (Lipinski definition) is 3. The molecule has 0 saturated carbocycles. The maximum Gasteiger partial charge on any atom is 0.315 e. The molecule has 7 heteroatoms. The van der Waals surface area contributed by atoms with Crippen LogP contribution in [0.1, 0.15) is 30.0 Å². The van der Waals surface area contributed by atoms with Gasteiger partial charge in [0.05, 0.1) is 18.3 Å². The first kappa shape index (κ1) is 16.4. The van der Waals surface area contributed by atoms with Gasteiger partial charge in [0, 0.05) is 32.0 Å². The Morgan fingerprint density at radius 3 is 2.88 bits per heavy atom. The van der Waals surface area contributed by atoms with Crippen LogP contribution in [-0.2, 0) is 18.3 Å². The van der Waals surface area contributed by atoms with Crippen LogP contribution in [0.4, 0.5) is 9.18 Å². The van der Waals surface area contributed by atoms with Gasteiger partial charge in [0.15, 0.2) is 0 Å². The summed E-state index contributed by atoms with van der Waals surface area (Å²) >= 11 is 0. The SMILES string of the molecule is Cn1cc(CNC(=O)N[C@@H](c2ccc(F)cc2)[C@H]2CCCO2)cn1. The third-order valence-corrected chi connectivity index (χ3v) is 4.06. The van der Waals surface area contributed by atoms with E-state index < -0.39 is 0 Å². The van der Waals surface area contributed by atoms with E-state index in [4.69, 9.17) is 4.74 Å². The normalized spacial score (nSPS) is 18.3. The lowest BCUT2D eigenvalue weighted by Crippen LogP contribution is -2.41. The molecule has 0 spiro atoms. The number of ether oxygens (including phenoxy) is 1. The van der Waals surface area contributed by atoms with Gasteiger partial charge in [-0.2, -0.15) is 5.10 Å². The van der Waals surface area contributed by atoms with Crippen molar-refractivity contribution in [1.82, 2.24) is 20.4 Å². The predicted octanol–water partition coefficient (Wildman–Crippen LogP) is 2.28. The van der Waals surface area contributed by atoms with E-state index in [2.05, 4.69) is 15.7 Å². The molecule has 2 atom stereocenters. The Morgan fingerprint density at radius 1 is 1.46 bits per heavy atom. The molecular weight excluding hydrogens is 311 g/mol. The van der Waals surface area contributed by atoms with Crippen molar-refractivity contribution in [3.8, 4) is 0 Å². The minimum Gasteiger partial charge on any atom is -0.376 e. The van der Waals surface area contributed by atoms with Crippen molar-refractivity contribution < 1.29 is 13.9 Å². The topological polar surface area (TPSA) is 68.2 Å². The average molecular weight is 332 g/mol. The Balaban J connectivity index is 1.64. The smallest absolute Gasteiger partial charge is 0.315 e. The van der Waals surface area contributed by atoms with Crippen LogP contribution < -0.4 is 10.6 Å². The van der Waals surface area contributed by atoms with Crippen LogP contribution in [0.3, 0.4) is 0 Å². The number of nitrogens with one attached hydrogen (secondary N) is 2. The average Bonchev–Trinajstić information content (AvgIpc) is 3.23. The van der Waals surface area contributed by atoms with E-state index in [1.807, 2.05) is 13.2 Å². The summed E-state index contributed by atoms with van der Waals surface area (Å²) in [7, 11) is 1.82. The molecule has 1 saturated heterocycles. The second kappa shape index (κ2) is 7.44. The van der Waals surface area contributed by atoms with E-state index in [1.54, 1.807) is 23.0 Å². The first-order valence-corrected chi connectivity index (χ1v) is 8.01. The summed E-state index contributed by atoms with van der Waals surface area (Å²) in [5, 5.41) is 9.83. The van der Waals surface area contributed by atoms with Gasteiger partial charge >= 0.3 is 6.03 Å². The number of halogens is 1. The largest absolute Gasteiger partial charge is 0.376 e. The summed E-state index contributed by atoms with van der Waals surface area (Å²) in [6, 6.07) is 5.57. The zero-order chi connectivity index (χ0) is 16.9. The molecule has 128 valence electrons. The standard InChI is InChI=1S/C17H21FN4O2/c1-22-11-12(10-20-22)9-19-17(23)21-16(15-3-2-8-24-15)13-4-6-14(18)7-5-13/h4-7,10-11,15-16H,2-3,8-9H2,1H3,(H2,19,21,23)/t15-,16+/m1/s1. The number of carbonyl (C=O) groups is 1. The lowest BCUT2D eigenvalue weighted by atomic mass is 9.99. The minimum absolute atomic E-state index is 0.0976. The fraction of sp³-hybridized carbons (Fsp3) is 0.412. The molecule has 2 heterocycles. The Hall–Kier alpha value is -2.41. The van der Waals surface area contributed by atoms with Crippen LogP contribution in [0.5, 0.6) is 0 Å². The quantitative estimate of drug-likeness (QED) is 0.883. The molecule has 3 rings (SSSR count). The van der Waals surface area contributed by atoms with E-state index >= 15 is 0 Å². The highest BCUT2D eigenvalue weighted by atomic mass is 19.1. The number of aromatic nitrogens is 2. The van der Waals surface area contributed by atoms with Crippen LogP contribution >= 0.6 is 0 Å². The summed E-state index contributed by atoms with van der Waals surface area (Å²) in [6.45, 7) is 1.07. The second-order valence-electron chi connectivity index (χ2n) is 5.93. The maximum absolute atomic E-state index is 13.2. The third kappa shape index (κ3) is 4.11.